The first-order chi connectivity index (χ1) is 13.7. The fourth-order valence-electron chi connectivity index (χ4n) is 4.02. The van der Waals surface area contributed by atoms with Gasteiger partial charge in [0.2, 0.25) is 11.8 Å². The molecule has 3 aromatic rings. The summed E-state index contributed by atoms with van der Waals surface area (Å²) in [6.45, 7) is 2.43. The molecule has 1 aromatic carbocycles. The summed E-state index contributed by atoms with van der Waals surface area (Å²) in [6.07, 6.45) is 3.43. The molecule has 2 aromatic heterocycles. The molecule has 7 nitrogen and oxygen atoms in total. The minimum Gasteiger partial charge on any atom is -0.341 e. The van der Waals surface area contributed by atoms with Crippen molar-refractivity contribution in [2.24, 2.45) is 0 Å². The molecule has 0 radical (unpaired) electrons. The van der Waals surface area contributed by atoms with E-state index in [1.54, 1.807) is 11.3 Å². The normalized spacial score (nSPS) is 20.8. The van der Waals surface area contributed by atoms with E-state index >= 15 is 0 Å². The summed E-state index contributed by atoms with van der Waals surface area (Å²) in [5, 5.41) is 5.19. The van der Waals surface area contributed by atoms with Crippen molar-refractivity contribution >= 4 is 27.5 Å². The number of nitrogens with zero attached hydrogens (tertiary/aromatic N) is 5. The second kappa shape index (κ2) is 7.25. The van der Waals surface area contributed by atoms with Crippen molar-refractivity contribution in [1.29, 1.82) is 0 Å². The van der Waals surface area contributed by atoms with Gasteiger partial charge in [0.15, 0.2) is 5.82 Å². The van der Waals surface area contributed by atoms with Crippen molar-refractivity contribution in [1.82, 2.24) is 24.9 Å². The molecule has 0 saturated carbocycles. The quantitative estimate of drug-likeness (QED) is 0.659. The van der Waals surface area contributed by atoms with Crippen LogP contribution in [0.4, 0.5) is 0 Å². The number of aromatic nitrogens is 3. The molecule has 1 amide bonds. The minimum absolute atomic E-state index is 0.176. The summed E-state index contributed by atoms with van der Waals surface area (Å²) >= 11 is 1.67. The summed E-state index contributed by atoms with van der Waals surface area (Å²) in [6, 6.07) is 8.34. The van der Waals surface area contributed by atoms with Crippen molar-refractivity contribution in [3.8, 4) is 0 Å². The van der Waals surface area contributed by atoms with Crippen molar-refractivity contribution in [2.75, 3.05) is 26.7 Å². The van der Waals surface area contributed by atoms with Crippen LogP contribution >= 0.6 is 11.3 Å². The van der Waals surface area contributed by atoms with E-state index in [1.807, 2.05) is 23.1 Å². The molecular formula is C20H23N5O2S. The molecule has 0 bridgehead atoms. The van der Waals surface area contributed by atoms with Crippen LogP contribution in [0.15, 0.2) is 28.8 Å². The molecule has 0 N–H and O–H groups in total. The summed E-state index contributed by atoms with van der Waals surface area (Å²) in [7, 11) is 2.09. The first kappa shape index (κ1) is 17.8. The van der Waals surface area contributed by atoms with Gasteiger partial charge in [-0.05, 0) is 38.6 Å². The first-order valence-corrected chi connectivity index (χ1v) is 10.6. The zero-order valence-corrected chi connectivity index (χ0v) is 16.7. The Morgan fingerprint density at radius 1 is 1.29 bits per heavy atom. The number of carbonyl (C=O) groups excluding carboxylic acids is 1. The number of carbonyl (C=O) groups is 1. The van der Waals surface area contributed by atoms with Gasteiger partial charge in [-0.15, -0.1) is 11.3 Å². The molecule has 2 aliphatic heterocycles. The molecule has 0 spiro atoms. The van der Waals surface area contributed by atoms with E-state index in [2.05, 4.69) is 33.1 Å². The number of aryl methyl sites for hydroxylation is 1. The van der Waals surface area contributed by atoms with Gasteiger partial charge in [-0.25, -0.2) is 4.98 Å². The lowest BCUT2D eigenvalue weighted by Crippen LogP contribution is -2.48. The van der Waals surface area contributed by atoms with Crippen LogP contribution in [0.3, 0.4) is 0 Å². The highest BCUT2D eigenvalue weighted by atomic mass is 32.1. The van der Waals surface area contributed by atoms with Gasteiger partial charge in [0.1, 0.15) is 0 Å². The van der Waals surface area contributed by atoms with Gasteiger partial charge in [-0.2, -0.15) is 4.98 Å². The number of para-hydroxylation sites is 1. The predicted octanol–water partition coefficient (Wildman–Crippen LogP) is 3.00. The van der Waals surface area contributed by atoms with Gasteiger partial charge < -0.3 is 9.42 Å². The van der Waals surface area contributed by atoms with Crippen LogP contribution in [0, 0.1) is 0 Å². The van der Waals surface area contributed by atoms with Crippen LogP contribution in [-0.4, -0.2) is 57.5 Å². The van der Waals surface area contributed by atoms with E-state index in [1.165, 1.54) is 11.1 Å². The maximum atomic E-state index is 12.5. The van der Waals surface area contributed by atoms with Crippen LogP contribution in [0.25, 0.3) is 10.2 Å². The fourth-order valence-corrected chi connectivity index (χ4v) is 4.98. The second-order valence-corrected chi connectivity index (χ2v) is 8.82. The summed E-state index contributed by atoms with van der Waals surface area (Å²) in [4.78, 5) is 25.8. The molecule has 1 atom stereocenters. The van der Waals surface area contributed by atoms with Gasteiger partial charge in [-0.3, -0.25) is 9.69 Å². The van der Waals surface area contributed by atoms with Crippen molar-refractivity contribution < 1.29 is 9.32 Å². The number of hydrogen-bond acceptors (Lipinski definition) is 7. The maximum absolute atomic E-state index is 12.5. The van der Waals surface area contributed by atoms with E-state index < -0.39 is 0 Å². The Balaban J connectivity index is 1.13. The lowest BCUT2D eigenvalue weighted by Gasteiger charge is -2.37. The number of hydrogen-bond donors (Lipinski definition) is 0. The smallest absolute Gasteiger partial charge is 0.243 e. The Morgan fingerprint density at radius 2 is 2.14 bits per heavy atom. The molecule has 1 unspecified atom stereocenters. The van der Waals surface area contributed by atoms with Gasteiger partial charge in [0.05, 0.1) is 27.2 Å². The Morgan fingerprint density at radius 3 is 2.93 bits per heavy atom. The monoisotopic (exact) mass is 397 g/mol. The SMILES string of the molecule is CN1CCCC1c1nc(C2CN(C(=O)CCc3nc4ccccc4s3)C2)no1. The maximum Gasteiger partial charge on any atom is 0.243 e. The Hall–Kier alpha value is -2.32. The number of fused-ring (bicyclic) bond motifs is 1. The number of amides is 1. The average molecular weight is 398 g/mol. The third kappa shape index (κ3) is 3.31. The molecule has 28 heavy (non-hydrogen) atoms. The standard InChI is InChI=1S/C20H23N5O2S/c1-24-10-4-6-15(24)20-22-19(23-27-20)13-11-25(12-13)18(26)9-8-17-21-14-5-2-3-7-16(14)28-17/h2-3,5,7,13,15H,4,6,8-12H2,1H3. The highest BCUT2D eigenvalue weighted by Gasteiger charge is 2.36. The molecular weight excluding hydrogens is 374 g/mol. The highest BCUT2D eigenvalue weighted by Crippen LogP contribution is 2.32. The number of likely N-dealkylation sites (tertiary alicyclic amines) is 2. The van der Waals surface area contributed by atoms with E-state index in [0.717, 1.165) is 35.2 Å². The van der Waals surface area contributed by atoms with E-state index in [-0.39, 0.29) is 17.9 Å². The Kier molecular flexibility index (Phi) is 4.60. The number of thiazole rings is 1. The van der Waals surface area contributed by atoms with E-state index in [9.17, 15) is 4.79 Å². The van der Waals surface area contributed by atoms with Gasteiger partial charge in [-0.1, -0.05) is 17.3 Å². The van der Waals surface area contributed by atoms with E-state index in [4.69, 9.17) is 4.52 Å². The van der Waals surface area contributed by atoms with Crippen LogP contribution in [0.2, 0.25) is 0 Å². The number of benzene rings is 1. The van der Waals surface area contributed by atoms with Crippen LogP contribution in [0.5, 0.6) is 0 Å². The zero-order chi connectivity index (χ0) is 19.1. The third-order valence-corrected chi connectivity index (χ3v) is 6.85. The molecule has 8 heteroatoms. The van der Waals surface area contributed by atoms with Crippen LogP contribution in [0.1, 0.15) is 47.9 Å². The number of rotatable bonds is 5. The molecule has 2 saturated heterocycles. The lowest BCUT2D eigenvalue weighted by atomic mass is 9.98. The van der Waals surface area contributed by atoms with Crippen molar-refractivity contribution in [3.05, 3.63) is 41.0 Å². The zero-order valence-electron chi connectivity index (χ0n) is 15.9. The summed E-state index contributed by atoms with van der Waals surface area (Å²) < 4.78 is 6.67. The second-order valence-electron chi connectivity index (χ2n) is 7.70. The van der Waals surface area contributed by atoms with Gasteiger partial charge in [0, 0.05) is 25.9 Å². The molecule has 2 fully saturated rings. The van der Waals surface area contributed by atoms with Crippen molar-refractivity contribution in [3.63, 3.8) is 0 Å². The molecule has 0 aliphatic carbocycles. The molecule has 4 heterocycles. The molecule has 146 valence electrons. The third-order valence-electron chi connectivity index (χ3n) is 5.75. The Bertz CT molecular complexity index is 960. The average Bonchev–Trinajstić information content (AvgIpc) is 3.37. The van der Waals surface area contributed by atoms with Gasteiger partial charge >= 0.3 is 0 Å². The molecule has 5 rings (SSSR count). The van der Waals surface area contributed by atoms with E-state index in [0.29, 0.717) is 25.9 Å². The molecule has 2 aliphatic rings. The summed E-state index contributed by atoms with van der Waals surface area (Å²) in [5.74, 6) is 1.83. The van der Waals surface area contributed by atoms with Gasteiger partial charge in [0.25, 0.3) is 0 Å². The fraction of sp³-hybridized carbons (Fsp3) is 0.500. The summed E-state index contributed by atoms with van der Waals surface area (Å²) in [5.41, 5.74) is 1.01. The highest BCUT2D eigenvalue weighted by molar-refractivity contribution is 7.18. The largest absolute Gasteiger partial charge is 0.341 e. The Labute approximate surface area is 167 Å². The minimum atomic E-state index is 0.176. The topological polar surface area (TPSA) is 75.4 Å². The first-order valence-electron chi connectivity index (χ1n) is 9.83. The van der Waals surface area contributed by atoms with Crippen molar-refractivity contribution in [2.45, 2.75) is 37.6 Å². The van der Waals surface area contributed by atoms with Crippen LogP contribution in [-0.2, 0) is 11.2 Å². The lowest BCUT2D eigenvalue weighted by molar-refractivity contribution is -0.135. The predicted molar refractivity (Wildman–Crippen MR) is 106 cm³/mol. The van der Waals surface area contributed by atoms with Crippen LogP contribution < -0.4 is 0 Å².